The first kappa shape index (κ1) is 21.7. The number of rotatable bonds is 6. The lowest BCUT2D eigenvalue weighted by atomic mass is 10.2. The summed E-state index contributed by atoms with van der Waals surface area (Å²) in [6.45, 7) is 3.02. The van der Waals surface area contributed by atoms with Gasteiger partial charge in [0.25, 0.3) is 9.84 Å². The van der Waals surface area contributed by atoms with Crippen molar-refractivity contribution in [3.05, 3.63) is 53.6 Å². The molecule has 3 rings (SSSR count). The van der Waals surface area contributed by atoms with Crippen molar-refractivity contribution in [1.29, 1.82) is 0 Å². The van der Waals surface area contributed by atoms with Crippen LogP contribution in [0.15, 0.2) is 53.4 Å². The highest BCUT2D eigenvalue weighted by Gasteiger charge is 2.48. The van der Waals surface area contributed by atoms with Gasteiger partial charge >= 0.3 is 5.51 Å². The minimum Gasteiger partial charge on any atom is -0.491 e. The molecule has 1 aliphatic rings. The van der Waals surface area contributed by atoms with Gasteiger partial charge in [0.15, 0.2) is 0 Å². The van der Waals surface area contributed by atoms with Crippen molar-refractivity contribution >= 4 is 27.1 Å². The smallest absolute Gasteiger partial charge is 0.491 e. The maximum atomic E-state index is 13.0. The molecule has 1 heterocycles. The summed E-state index contributed by atoms with van der Waals surface area (Å²) in [6.07, 6.45) is 0. The molecule has 2 aromatic carbocycles. The highest BCUT2D eigenvalue weighted by Crippen LogP contribution is 2.36. The number of halogens is 4. The van der Waals surface area contributed by atoms with Gasteiger partial charge in [-0.1, -0.05) is 35.9 Å². The van der Waals surface area contributed by atoms with Crippen molar-refractivity contribution in [1.82, 2.24) is 4.90 Å². The maximum absolute atomic E-state index is 13.0. The van der Waals surface area contributed by atoms with Gasteiger partial charge in [-0.2, -0.15) is 13.2 Å². The van der Waals surface area contributed by atoms with Crippen LogP contribution in [-0.2, 0) is 9.84 Å². The van der Waals surface area contributed by atoms with E-state index in [0.29, 0.717) is 50.1 Å². The van der Waals surface area contributed by atoms with Crippen LogP contribution in [0.2, 0.25) is 5.02 Å². The number of nitrogens with zero attached hydrogens (tertiary/aromatic N) is 2. The minimum absolute atomic E-state index is 0.0804. The van der Waals surface area contributed by atoms with Gasteiger partial charge in [0.2, 0.25) is 0 Å². The zero-order chi connectivity index (χ0) is 21.1. The Labute approximate surface area is 172 Å². The Bertz CT molecular complexity index is 946. The number of anilines is 1. The molecule has 5 nitrogen and oxygen atoms in total. The SMILES string of the molecule is O=S(=O)(c1ccccc1N1CCN(CCOc2ccccc2Cl)CC1)C(F)(F)F. The molecule has 0 bridgehead atoms. The molecule has 1 aliphatic heterocycles. The lowest BCUT2D eigenvalue weighted by Crippen LogP contribution is -2.48. The van der Waals surface area contributed by atoms with E-state index in [-0.39, 0.29) is 5.69 Å². The van der Waals surface area contributed by atoms with E-state index < -0.39 is 20.2 Å². The van der Waals surface area contributed by atoms with Crippen LogP contribution < -0.4 is 9.64 Å². The standard InChI is InChI=1S/C19H20ClF3N2O3S/c20-15-5-1-3-7-17(15)28-14-13-24-9-11-25(12-10-24)16-6-2-4-8-18(16)29(26,27)19(21,22)23/h1-8H,9-14H2. The van der Waals surface area contributed by atoms with Crippen LogP contribution in [0.25, 0.3) is 0 Å². The van der Waals surface area contributed by atoms with E-state index >= 15 is 0 Å². The molecule has 0 saturated carbocycles. The third-order valence-electron chi connectivity index (χ3n) is 4.67. The molecule has 2 aromatic rings. The fourth-order valence-corrected chi connectivity index (χ4v) is 4.30. The van der Waals surface area contributed by atoms with E-state index in [1.165, 1.54) is 18.2 Å². The summed E-state index contributed by atoms with van der Waals surface area (Å²) in [6, 6.07) is 12.4. The molecule has 0 N–H and O–H groups in total. The second-order valence-electron chi connectivity index (χ2n) is 6.52. The van der Waals surface area contributed by atoms with E-state index in [1.54, 1.807) is 17.0 Å². The molecular weight excluding hydrogens is 429 g/mol. The van der Waals surface area contributed by atoms with Crippen molar-refractivity contribution in [3.8, 4) is 5.75 Å². The van der Waals surface area contributed by atoms with Crippen LogP contribution in [0.5, 0.6) is 5.75 Å². The predicted molar refractivity (Wildman–Crippen MR) is 105 cm³/mol. The third kappa shape index (κ3) is 4.96. The normalized spacial score (nSPS) is 16.1. The van der Waals surface area contributed by atoms with Gasteiger partial charge in [0, 0.05) is 32.7 Å². The average molecular weight is 449 g/mol. The van der Waals surface area contributed by atoms with E-state index in [1.807, 2.05) is 12.1 Å². The number of hydrogen-bond acceptors (Lipinski definition) is 5. The molecule has 1 fully saturated rings. The lowest BCUT2D eigenvalue weighted by Gasteiger charge is -2.36. The first-order valence-electron chi connectivity index (χ1n) is 8.95. The highest BCUT2D eigenvalue weighted by molar-refractivity contribution is 7.92. The highest BCUT2D eigenvalue weighted by atomic mass is 35.5. The number of ether oxygens (including phenoxy) is 1. The molecule has 0 atom stereocenters. The van der Waals surface area contributed by atoms with E-state index in [9.17, 15) is 21.6 Å². The fourth-order valence-electron chi connectivity index (χ4n) is 3.13. The Kier molecular flexibility index (Phi) is 6.60. The second kappa shape index (κ2) is 8.81. The van der Waals surface area contributed by atoms with Crippen LogP contribution in [-0.4, -0.2) is 58.2 Å². The largest absolute Gasteiger partial charge is 0.501 e. The molecule has 10 heteroatoms. The molecule has 0 aliphatic carbocycles. The molecule has 0 radical (unpaired) electrons. The van der Waals surface area contributed by atoms with E-state index in [0.717, 1.165) is 6.07 Å². The Balaban J connectivity index is 1.60. The van der Waals surface area contributed by atoms with Crippen LogP contribution in [0.3, 0.4) is 0 Å². The molecule has 0 aromatic heterocycles. The van der Waals surface area contributed by atoms with Crippen LogP contribution in [0, 0.1) is 0 Å². The number of sulfone groups is 1. The first-order valence-corrected chi connectivity index (χ1v) is 10.8. The fraction of sp³-hybridized carbons (Fsp3) is 0.368. The van der Waals surface area contributed by atoms with Gasteiger partial charge in [-0.05, 0) is 24.3 Å². The molecule has 29 heavy (non-hydrogen) atoms. The second-order valence-corrected chi connectivity index (χ2v) is 8.84. The van der Waals surface area contributed by atoms with Crippen molar-refractivity contribution < 1.29 is 26.3 Å². The molecule has 158 valence electrons. The number of piperazine rings is 1. The van der Waals surface area contributed by atoms with Gasteiger partial charge in [-0.25, -0.2) is 8.42 Å². The van der Waals surface area contributed by atoms with E-state index in [4.69, 9.17) is 16.3 Å². The Hall–Kier alpha value is -1.97. The number of para-hydroxylation sites is 2. The third-order valence-corrected chi connectivity index (χ3v) is 6.52. The summed E-state index contributed by atoms with van der Waals surface area (Å²) in [5.74, 6) is 0.596. The Morgan fingerprint density at radius 2 is 1.59 bits per heavy atom. The average Bonchev–Trinajstić information content (AvgIpc) is 2.69. The number of alkyl halides is 3. The molecule has 1 saturated heterocycles. The summed E-state index contributed by atoms with van der Waals surface area (Å²) < 4.78 is 68.4. The van der Waals surface area contributed by atoms with Crippen LogP contribution >= 0.6 is 11.6 Å². The topological polar surface area (TPSA) is 49.9 Å². The van der Waals surface area contributed by atoms with Crippen molar-refractivity contribution in [2.24, 2.45) is 0 Å². The van der Waals surface area contributed by atoms with Crippen LogP contribution in [0.1, 0.15) is 0 Å². The molecule has 0 amide bonds. The van der Waals surface area contributed by atoms with Crippen molar-refractivity contribution in [2.45, 2.75) is 10.4 Å². The van der Waals surface area contributed by atoms with Gasteiger partial charge in [0.05, 0.1) is 15.6 Å². The summed E-state index contributed by atoms with van der Waals surface area (Å²) in [7, 11) is -5.41. The monoisotopic (exact) mass is 448 g/mol. The summed E-state index contributed by atoms with van der Waals surface area (Å²) in [4.78, 5) is 3.07. The van der Waals surface area contributed by atoms with Crippen molar-refractivity contribution in [2.75, 3.05) is 44.2 Å². The van der Waals surface area contributed by atoms with Gasteiger partial charge in [-0.15, -0.1) is 0 Å². The zero-order valence-corrected chi connectivity index (χ0v) is 17.0. The predicted octanol–water partition coefficient (Wildman–Crippen LogP) is 3.83. The minimum atomic E-state index is -5.41. The lowest BCUT2D eigenvalue weighted by molar-refractivity contribution is -0.0435. The molecule has 0 unspecified atom stereocenters. The van der Waals surface area contributed by atoms with Gasteiger partial charge < -0.3 is 9.64 Å². The first-order chi connectivity index (χ1) is 13.7. The quantitative estimate of drug-likeness (QED) is 0.672. The Morgan fingerprint density at radius 3 is 2.24 bits per heavy atom. The molecule has 0 spiro atoms. The summed E-state index contributed by atoms with van der Waals surface area (Å²) >= 11 is 6.04. The molecular formula is C19H20ClF3N2O3S. The summed E-state index contributed by atoms with van der Waals surface area (Å²) in [5.41, 5.74) is -5.25. The Morgan fingerprint density at radius 1 is 0.966 bits per heavy atom. The summed E-state index contributed by atoms with van der Waals surface area (Å²) in [5, 5.41) is 0.528. The van der Waals surface area contributed by atoms with Crippen LogP contribution in [0.4, 0.5) is 18.9 Å². The number of hydrogen-bond donors (Lipinski definition) is 0. The van der Waals surface area contributed by atoms with E-state index in [2.05, 4.69) is 4.90 Å². The van der Waals surface area contributed by atoms with Gasteiger partial charge in [-0.3, -0.25) is 4.90 Å². The zero-order valence-electron chi connectivity index (χ0n) is 15.4. The maximum Gasteiger partial charge on any atom is 0.501 e. The van der Waals surface area contributed by atoms with Crippen molar-refractivity contribution in [3.63, 3.8) is 0 Å². The van der Waals surface area contributed by atoms with Gasteiger partial charge in [0.1, 0.15) is 12.4 Å². The number of benzene rings is 2.